The van der Waals surface area contributed by atoms with Gasteiger partial charge in [-0.1, -0.05) is 6.07 Å². The highest BCUT2D eigenvalue weighted by molar-refractivity contribution is 6.06. The standard InChI is InChI=1S/C18H27N5O2/c1-13-5-4-6-15(20-13)19-11-14-7-8-22(12-14)9-10-23-16(24)18(2,3)21-17(23)25/h4-6,14H,7-12H2,1-3H3,(H,19,20)(H,21,25). The molecule has 1 atom stereocenters. The van der Waals surface area contributed by atoms with Gasteiger partial charge in [0.05, 0.1) is 0 Å². The van der Waals surface area contributed by atoms with E-state index in [0.29, 0.717) is 12.5 Å². The number of carbonyl (C=O) groups excluding carboxylic acids is 2. The Morgan fingerprint density at radius 2 is 2.12 bits per heavy atom. The van der Waals surface area contributed by atoms with E-state index in [2.05, 4.69) is 20.5 Å². The summed E-state index contributed by atoms with van der Waals surface area (Å²) in [5.74, 6) is 1.34. The van der Waals surface area contributed by atoms with Crippen molar-refractivity contribution in [1.29, 1.82) is 0 Å². The minimum atomic E-state index is -0.782. The third-order valence-corrected chi connectivity index (χ3v) is 4.91. The molecule has 136 valence electrons. The molecule has 3 rings (SSSR count). The van der Waals surface area contributed by atoms with Crippen LogP contribution in [0.2, 0.25) is 0 Å². The zero-order valence-electron chi connectivity index (χ0n) is 15.2. The first-order valence-electron chi connectivity index (χ1n) is 8.89. The maximum Gasteiger partial charge on any atom is 0.325 e. The van der Waals surface area contributed by atoms with Gasteiger partial charge in [-0.2, -0.15) is 0 Å². The van der Waals surface area contributed by atoms with E-state index in [1.165, 1.54) is 4.90 Å². The summed E-state index contributed by atoms with van der Waals surface area (Å²) in [6.45, 7) is 9.52. The number of imide groups is 1. The van der Waals surface area contributed by atoms with Crippen molar-refractivity contribution in [3.63, 3.8) is 0 Å². The van der Waals surface area contributed by atoms with Crippen LogP contribution in [0.4, 0.5) is 10.6 Å². The van der Waals surface area contributed by atoms with Gasteiger partial charge in [0, 0.05) is 31.9 Å². The molecular formula is C18H27N5O2. The number of carbonyl (C=O) groups is 2. The van der Waals surface area contributed by atoms with Gasteiger partial charge in [0.15, 0.2) is 0 Å². The third kappa shape index (κ3) is 4.10. The Morgan fingerprint density at radius 3 is 2.80 bits per heavy atom. The molecule has 2 aliphatic heterocycles. The highest BCUT2D eigenvalue weighted by Crippen LogP contribution is 2.19. The van der Waals surface area contributed by atoms with Crippen LogP contribution in [0.25, 0.3) is 0 Å². The van der Waals surface area contributed by atoms with Crippen molar-refractivity contribution in [1.82, 2.24) is 20.1 Å². The lowest BCUT2D eigenvalue weighted by molar-refractivity contribution is -0.130. The van der Waals surface area contributed by atoms with Crippen molar-refractivity contribution >= 4 is 17.8 Å². The third-order valence-electron chi connectivity index (χ3n) is 4.91. The number of likely N-dealkylation sites (tertiary alicyclic amines) is 1. The normalized spacial score (nSPS) is 23.2. The first kappa shape index (κ1) is 17.7. The van der Waals surface area contributed by atoms with Gasteiger partial charge in [0.1, 0.15) is 11.4 Å². The minimum absolute atomic E-state index is 0.138. The summed E-state index contributed by atoms with van der Waals surface area (Å²) < 4.78 is 0. The number of pyridine rings is 1. The van der Waals surface area contributed by atoms with Crippen LogP contribution in [0.5, 0.6) is 0 Å². The van der Waals surface area contributed by atoms with Crippen LogP contribution in [0.1, 0.15) is 26.0 Å². The molecule has 7 heteroatoms. The maximum atomic E-state index is 12.2. The first-order chi connectivity index (χ1) is 11.8. The molecule has 0 radical (unpaired) electrons. The molecule has 2 fully saturated rings. The van der Waals surface area contributed by atoms with E-state index in [1.54, 1.807) is 13.8 Å². The molecule has 3 heterocycles. The summed E-state index contributed by atoms with van der Waals surface area (Å²) >= 11 is 0. The van der Waals surface area contributed by atoms with Crippen molar-refractivity contribution < 1.29 is 9.59 Å². The summed E-state index contributed by atoms with van der Waals surface area (Å²) in [6, 6.07) is 5.70. The number of aromatic nitrogens is 1. The Kier molecular flexibility index (Phi) is 4.94. The molecule has 2 N–H and O–H groups in total. The number of urea groups is 1. The Labute approximate surface area is 148 Å². The fraction of sp³-hybridized carbons (Fsp3) is 0.611. The summed E-state index contributed by atoms with van der Waals surface area (Å²) in [6.07, 6.45) is 1.12. The van der Waals surface area contributed by atoms with Gasteiger partial charge in [0.25, 0.3) is 5.91 Å². The highest BCUT2D eigenvalue weighted by atomic mass is 16.2. The van der Waals surface area contributed by atoms with Crippen LogP contribution in [0.15, 0.2) is 18.2 Å². The molecule has 0 aromatic carbocycles. The van der Waals surface area contributed by atoms with Gasteiger partial charge >= 0.3 is 6.03 Å². The predicted molar refractivity (Wildman–Crippen MR) is 96.3 cm³/mol. The Morgan fingerprint density at radius 1 is 1.32 bits per heavy atom. The number of hydrogen-bond acceptors (Lipinski definition) is 5. The number of hydrogen-bond donors (Lipinski definition) is 2. The number of amides is 3. The van der Waals surface area contributed by atoms with Crippen LogP contribution < -0.4 is 10.6 Å². The zero-order valence-corrected chi connectivity index (χ0v) is 15.2. The van der Waals surface area contributed by atoms with Crippen molar-refractivity contribution in [3.05, 3.63) is 23.9 Å². The molecule has 0 aliphatic carbocycles. The van der Waals surface area contributed by atoms with E-state index in [1.807, 2.05) is 25.1 Å². The number of rotatable bonds is 6. The fourth-order valence-corrected chi connectivity index (χ4v) is 3.44. The van der Waals surface area contributed by atoms with Crippen LogP contribution in [-0.2, 0) is 4.79 Å². The van der Waals surface area contributed by atoms with E-state index in [9.17, 15) is 9.59 Å². The van der Waals surface area contributed by atoms with Gasteiger partial charge in [-0.3, -0.25) is 9.69 Å². The minimum Gasteiger partial charge on any atom is -0.370 e. The highest BCUT2D eigenvalue weighted by Gasteiger charge is 2.44. The first-order valence-corrected chi connectivity index (χ1v) is 8.89. The topological polar surface area (TPSA) is 77.6 Å². The average molecular weight is 345 g/mol. The molecule has 3 amide bonds. The molecule has 0 spiro atoms. The van der Waals surface area contributed by atoms with Crippen molar-refractivity contribution in [2.45, 2.75) is 32.7 Å². The quantitative estimate of drug-likeness (QED) is 0.763. The van der Waals surface area contributed by atoms with Crippen LogP contribution in [0.3, 0.4) is 0 Å². The number of anilines is 1. The summed E-state index contributed by atoms with van der Waals surface area (Å²) in [7, 11) is 0. The van der Waals surface area contributed by atoms with Gasteiger partial charge in [-0.15, -0.1) is 0 Å². The maximum absolute atomic E-state index is 12.2. The van der Waals surface area contributed by atoms with E-state index in [4.69, 9.17) is 0 Å². The lowest BCUT2D eigenvalue weighted by Crippen LogP contribution is -2.41. The molecule has 1 aromatic heterocycles. The van der Waals surface area contributed by atoms with Gasteiger partial charge < -0.3 is 15.5 Å². The lowest BCUT2D eigenvalue weighted by atomic mass is 10.1. The monoisotopic (exact) mass is 345 g/mol. The van der Waals surface area contributed by atoms with E-state index in [-0.39, 0.29) is 11.9 Å². The summed E-state index contributed by atoms with van der Waals surface area (Å²) in [5, 5.41) is 6.13. The predicted octanol–water partition coefficient (Wildman–Crippen LogP) is 1.45. The van der Waals surface area contributed by atoms with E-state index < -0.39 is 5.54 Å². The Bertz CT molecular complexity index is 661. The zero-order chi connectivity index (χ0) is 18.0. The van der Waals surface area contributed by atoms with Crippen molar-refractivity contribution in [3.8, 4) is 0 Å². The van der Waals surface area contributed by atoms with Crippen LogP contribution in [0, 0.1) is 12.8 Å². The molecule has 0 saturated carbocycles. The lowest BCUT2D eigenvalue weighted by Gasteiger charge is -2.20. The second kappa shape index (κ2) is 7.00. The van der Waals surface area contributed by atoms with Crippen LogP contribution >= 0.6 is 0 Å². The Hall–Kier alpha value is -2.15. The second-order valence-electron chi connectivity index (χ2n) is 7.51. The average Bonchev–Trinajstić information content (AvgIpc) is 3.07. The molecule has 1 aromatic rings. The largest absolute Gasteiger partial charge is 0.370 e. The Balaban J connectivity index is 1.43. The smallest absolute Gasteiger partial charge is 0.325 e. The second-order valence-corrected chi connectivity index (χ2v) is 7.51. The molecule has 7 nitrogen and oxygen atoms in total. The molecule has 2 saturated heterocycles. The number of aryl methyl sites for hydroxylation is 1. The van der Waals surface area contributed by atoms with E-state index >= 15 is 0 Å². The van der Waals surface area contributed by atoms with E-state index in [0.717, 1.165) is 44.1 Å². The molecule has 2 aliphatic rings. The molecule has 0 bridgehead atoms. The molecular weight excluding hydrogens is 318 g/mol. The molecule has 1 unspecified atom stereocenters. The van der Waals surface area contributed by atoms with Gasteiger partial charge in [-0.25, -0.2) is 9.78 Å². The van der Waals surface area contributed by atoms with Crippen LogP contribution in [-0.4, -0.2) is 65.0 Å². The van der Waals surface area contributed by atoms with Gasteiger partial charge in [0.2, 0.25) is 0 Å². The van der Waals surface area contributed by atoms with Crippen molar-refractivity contribution in [2.75, 3.05) is 38.0 Å². The molecule has 25 heavy (non-hydrogen) atoms. The SMILES string of the molecule is Cc1cccc(NCC2CCN(CCN3C(=O)NC(C)(C)C3=O)C2)n1. The summed E-state index contributed by atoms with van der Waals surface area (Å²) in [5.41, 5.74) is 0.226. The number of nitrogens with one attached hydrogen (secondary N) is 2. The fourth-order valence-electron chi connectivity index (χ4n) is 3.44. The van der Waals surface area contributed by atoms with Crippen molar-refractivity contribution in [2.24, 2.45) is 5.92 Å². The number of nitrogens with zero attached hydrogens (tertiary/aromatic N) is 3. The van der Waals surface area contributed by atoms with Gasteiger partial charge in [-0.05, 0) is 51.8 Å². The summed E-state index contributed by atoms with van der Waals surface area (Å²) in [4.78, 5) is 32.2.